The third-order valence-electron chi connectivity index (χ3n) is 4.08. The van der Waals surface area contributed by atoms with Crippen molar-refractivity contribution in [3.63, 3.8) is 0 Å². The molecule has 1 saturated carbocycles. The van der Waals surface area contributed by atoms with Crippen LogP contribution in [0.4, 0.5) is 11.4 Å². The summed E-state index contributed by atoms with van der Waals surface area (Å²) in [7, 11) is 1.39. The fourth-order valence-electron chi connectivity index (χ4n) is 2.86. The zero-order valence-corrected chi connectivity index (χ0v) is 12.7. The number of hydrogen-bond acceptors (Lipinski definition) is 5. The van der Waals surface area contributed by atoms with Crippen molar-refractivity contribution in [3.05, 3.63) is 28.3 Å². The molecule has 1 aromatic rings. The van der Waals surface area contributed by atoms with Gasteiger partial charge in [-0.1, -0.05) is 12.8 Å². The third-order valence-corrected chi connectivity index (χ3v) is 4.08. The van der Waals surface area contributed by atoms with Gasteiger partial charge < -0.3 is 15.2 Å². The van der Waals surface area contributed by atoms with E-state index in [1.165, 1.54) is 25.3 Å². The molecule has 0 unspecified atom stereocenters. The number of hydrogen-bond donors (Lipinski definition) is 2. The first kappa shape index (κ1) is 16.7. The Morgan fingerprint density at radius 1 is 1.30 bits per heavy atom. The van der Waals surface area contributed by atoms with E-state index in [0.29, 0.717) is 18.6 Å². The molecule has 1 aliphatic rings. The minimum absolute atomic E-state index is 0.0375. The third kappa shape index (κ3) is 3.77. The average molecular weight is 322 g/mol. The van der Waals surface area contributed by atoms with E-state index in [0.717, 1.165) is 12.8 Å². The molecule has 8 heteroatoms. The lowest BCUT2D eigenvalue weighted by Crippen LogP contribution is -2.36. The Labute approximate surface area is 132 Å². The number of carboxylic acids is 1. The molecule has 2 rings (SSSR count). The zero-order valence-electron chi connectivity index (χ0n) is 12.7. The number of nitro benzene ring substituents is 1. The Bertz CT molecular complexity index is 630. The number of carbonyl (C=O) groups is 2. The number of aliphatic carboxylic acids is 1. The molecule has 8 nitrogen and oxygen atoms in total. The van der Waals surface area contributed by atoms with Gasteiger partial charge in [-0.25, -0.2) is 0 Å². The standard InChI is InChI=1S/C15H18N2O6/c1-23-9-6-7-12(13(8-9)17(21)22)16-14(18)10-4-2-3-5-11(10)15(19)20/h6-8,10-11H,2-5H2,1H3,(H,16,18)(H,19,20)/t10-,11-/m1/s1. The second kappa shape index (κ2) is 7.08. The molecular formula is C15H18N2O6. The Morgan fingerprint density at radius 3 is 2.52 bits per heavy atom. The van der Waals surface area contributed by atoms with Crippen molar-refractivity contribution in [1.82, 2.24) is 0 Å². The summed E-state index contributed by atoms with van der Waals surface area (Å²) in [6, 6.07) is 4.09. The summed E-state index contributed by atoms with van der Waals surface area (Å²) in [6.45, 7) is 0. The molecule has 0 aliphatic heterocycles. The summed E-state index contributed by atoms with van der Waals surface area (Å²) in [5, 5.41) is 22.9. The highest BCUT2D eigenvalue weighted by molar-refractivity contribution is 5.97. The number of nitro groups is 1. The second-order valence-corrected chi connectivity index (χ2v) is 5.47. The molecule has 1 amide bonds. The monoisotopic (exact) mass is 322 g/mol. The summed E-state index contributed by atoms with van der Waals surface area (Å²) in [5.41, 5.74) is -0.254. The van der Waals surface area contributed by atoms with Gasteiger partial charge in [0.25, 0.3) is 5.69 Å². The molecule has 23 heavy (non-hydrogen) atoms. The lowest BCUT2D eigenvalue weighted by atomic mass is 9.78. The highest BCUT2D eigenvalue weighted by atomic mass is 16.6. The molecule has 0 bridgehead atoms. The van der Waals surface area contributed by atoms with Crippen molar-refractivity contribution >= 4 is 23.3 Å². The first-order chi connectivity index (χ1) is 10.9. The van der Waals surface area contributed by atoms with E-state index in [2.05, 4.69) is 5.32 Å². The number of carboxylic acid groups (broad SMARTS) is 1. The molecule has 2 N–H and O–H groups in total. The number of ether oxygens (including phenoxy) is 1. The Morgan fingerprint density at radius 2 is 1.96 bits per heavy atom. The number of methoxy groups -OCH3 is 1. The minimum atomic E-state index is -1.01. The number of anilines is 1. The van der Waals surface area contributed by atoms with Crippen LogP contribution < -0.4 is 10.1 Å². The fourth-order valence-corrected chi connectivity index (χ4v) is 2.86. The number of nitrogens with one attached hydrogen (secondary N) is 1. The summed E-state index contributed by atoms with van der Waals surface area (Å²) in [5.74, 6) is -2.63. The normalized spacial score (nSPS) is 20.6. The van der Waals surface area contributed by atoms with Crippen LogP contribution in [0.3, 0.4) is 0 Å². The number of amides is 1. The van der Waals surface area contributed by atoms with E-state index in [1.807, 2.05) is 0 Å². The maximum atomic E-state index is 12.4. The van der Waals surface area contributed by atoms with Gasteiger partial charge in [0, 0.05) is 0 Å². The van der Waals surface area contributed by atoms with Gasteiger partial charge in [0.1, 0.15) is 11.4 Å². The largest absolute Gasteiger partial charge is 0.496 e. The summed E-state index contributed by atoms with van der Waals surface area (Å²) in [4.78, 5) is 34.2. The first-order valence-corrected chi connectivity index (χ1v) is 7.30. The Hall–Kier alpha value is -2.64. The highest BCUT2D eigenvalue weighted by Gasteiger charge is 2.36. The molecule has 2 atom stereocenters. The molecule has 1 fully saturated rings. The van der Waals surface area contributed by atoms with Crippen molar-refractivity contribution in [2.45, 2.75) is 25.7 Å². The van der Waals surface area contributed by atoms with Gasteiger partial charge in [-0.15, -0.1) is 0 Å². The lowest BCUT2D eigenvalue weighted by molar-refractivity contribution is -0.384. The molecule has 1 aromatic carbocycles. The number of nitrogens with zero attached hydrogens (tertiary/aromatic N) is 1. The quantitative estimate of drug-likeness (QED) is 0.635. The predicted molar refractivity (Wildman–Crippen MR) is 81.4 cm³/mol. The Kier molecular flexibility index (Phi) is 5.15. The van der Waals surface area contributed by atoms with Crippen molar-refractivity contribution < 1.29 is 24.4 Å². The molecule has 124 valence electrons. The van der Waals surface area contributed by atoms with Gasteiger partial charge in [-0.3, -0.25) is 19.7 Å². The van der Waals surface area contributed by atoms with E-state index in [9.17, 15) is 24.8 Å². The minimum Gasteiger partial charge on any atom is -0.496 e. The van der Waals surface area contributed by atoms with Crippen LogP contribution in [-0.2, 0) is 9.59 Å². The van der Waals surface area contributed by atoms with Crippen LogP contribution in [0, 0.1) is 22.0 Å². The highest BCUT2D eigenvalue weighted by Crippen LogP contribution is 2.33. The predicted octanol–water partition coefficient (Wildman–Crippen LogP) is 2.43. The van der Waals surface area contributed by atoms with Gasteiger partial charge in [-0.2, -0.15) is 0 Å². The fraction of sp³-hybridized carbons (Fsp3) is 0.467. The van der Waals surface area contributed by atoms with E-state index in [-0.39, 0.29) is 11.4 Å². The van der Waals surface area contributed by atoms with Gasteiger partial charge in [0.2, 0.25) is 5.91 Å². The summed E-state index contributed by atoms with van der Waals surface area (Å²) in [6.07, 6.45) is 2.45. The Balaban J connectivity index is 2.22. The van der Waals surface area contributed by atoms with Crippen LogP contribution in [0.15, 0.2) is 18.2 Å². The maximum absolute atomic E-state index is 12.4. The van der Waals surface area contributed by atoms with Crippen LogP contribution >= 0.6 is 0 Å². The topological polar surface area (TPSA) is 119 Å². The molecule has 0 radical (unpaired) electrons. The van der Waals surface area contributed by atoms with Crippen LogP contribution in [-0.4, -0.2) is 29.0 Å². The maximum Gasteiger partial charge on any atom is 0.307 e. The van der Waals surface area contributed by atoms with Crippen LogP contribution in [0.5, 0.6) is 5.75 Å². The average Bonchev–Trinajstić information content (AvgIpc) is 2.54. The molecule has 0 aromatic heterocycles. The van der Waals surface area contributed by atoms with Crippen molar-refractivity contribution in [3.8, 4) is 5.75 Å². The molecular weight excluding hydrogens is 304 g/mol. The van der Waals surface area contributed by atoms with Crippen LogP contribution in [0.2, 0.25) is 0 Å². The zero-order chi connectivity index (χ0) is 17.0. The summed E-state index contributed by atoms with van der Waals surface area (Å²) >= 11 is 0. The van der Waals surface area contributed by atoms with Crippen LogP contribution in [0.25, 0.3) is 0 Å². The number of benzene rings is 1. The van der Waals surface area contributed by atoms with Gasteiger partial charge in [0.05, 0.1) is 29.9 Å². The van der Waals surface area contributed by atoms with Crippen molar-refractivity contribution in [2.75, 3.05) is 12.4 Å². The van der Waals surface area contributed by atoms with Crippen LogP contribution in [0.1, 0.15) is 25.7 Å². The SMILES string of the molecule is COc1ccc(NC(=O)[C@@H]2CCCC[C@H]2C(=O)O)c([N+](=O)[O-])c1. The van der Waals surface area contributed by atoms with Gasteiger partial charge >= 0.3 is 5.97 Å². The lowest BCUT2D eigenvalue weighted by Gasteiger charge is -2.27. The molecule has 0 saturated heterocycles. The van der Waals surface area contributed by atoms with Gasteiger partial charge in [0.15, 0.2) is 0 Å². The van der Waals surface area contributed by atoms with E-state index in [1.54, 1.807) is 0 Å². The first-order valence-electron chi connectivity index (χ1n) is 7.30. The van der Waals surface area contributed by atoms with E-state index in [4.69, 9.17) is 4.74 Å². The number of rotatable bonds is 5. The molecule has 0 heterocycles. The smallest absolute Gasteiger partial charge is 0.307 e. The number of carbonyl (C=O) groups excluding carboxylic acids is 1. The van der Waals surface area contributed by atoms with E-state index >= 15 is 0 Å². The second-order valence-electron chi connectivity index (χ2n) is 5.47. The molecule has 0 spiro atoms. The molecule has 1 aliphatic carbocycles. The van der Waals surface area contributed by atoms with Crippen molar-refractivity contribution in [2.24, 2.45) is 11.8 Å². The van der Waals surface area contributed by atoms with Crippen molar-refractivity contribution in [1.29, 1.82) is 0 Å². The summed E-state index contributed by atoms with van der Waals surface area (Å²) < 4.78 is 4.93. The van der Waals surface area contributed by atoms with Gasteiger partial charge in [-0.05, 0) is 25.0 Å². The van der Waals surface area contributed by atoms with E-state index < -0.39 is 28.6 Å².